The van der Waals surface area contributed by atoms with Gasteiger partial charge < -0.3 is 10.1 Å². The Balaban J connectivity index is 0.00000261. The van der Waals surface area contributed by atoms with Crippen LogP contribution < -0.4 is 15.4 Å². The molecule has 1 aromatic heterocycles. The number of aromatic nitrogens is 3. The van der Waals surface area contributed by atoms with Gasteiger partial charge in [-0.05, 0) is 50.9 Å². The lowest BCUT2D eigenvalue weighted by molar-refractivity contribution is -0.116. The van der Waals surface area contributed by atoms with Crippen molar-refractivity contribution in [1.82, 2.24) is 20.1 Å². The molecule has 2 N–H and O–H groups in total. The van der Waals surface area contributed by atoms with Gasteiger partial charge in [0.1, 0.15) is 5.75 Å². The van der Waals surface area contributed by atoms with E-state index < -0.39 is 0 Å². The van der Waals surface area contributed by atoms with Crippen molar-refractivity contribution in [1.29, 1.82) is 0 Å². The van der Waals surface area contributed by atoms with Crippen LogP contribution in [0.4, 0.5) is 5.95 Å². The van der Waals surface area contributed by atoms with Gasteiger partial charge in [0, 0.05) is 19.4 Å². The van der Waals surface area contributed by atoms with Gasteiger partial charge in [-0.25, -0.2) is 4.68 Å². The van der Waals surface area contributed by atoms with Crippen LogP contribution in [0.15, 0.2) is 24.3 Å². The molecule has 2 heterocycles. The molecule has 27 heavy (non-hydrogen) atoms. The molecule has 148 valence electrons. The lowest BCUT2D eigenvalue weighted by Gasteiger charge is -2.19. The SMILES string of the molecule is Cc1ccccc1OCCCC(=O)Nc1nc(C2CCNCC2)nn1C.Cl. The van der Waals surface area contributed by atoms with Gasteiger partial charge in [0.15, 0.2) is 5.82 Å². The zero-order valence-electron chi connectivity index (χ0n) is 15.9. The van der Waals surface area contributed by atoms with E-state index in [0.29, 0.717) is 31.3 Å². The topological polar surface area (TPSA) is 81.1 Å². The zero-order chi connectivity index (χ0) is 18.4. The Morgan fingerprint density at radius 3 is 2.81 bits per heavy atom. The normalized spacial score (nSPS) is 14.4. The van der Waals surface area contributed by atoms with Gasteiger partial charge >= 0.3 is 0 Å². The van der Waals surface area contributed by atoms with Crippen molar-refractivity contribution in [2.45, 2.75) is 38.5 Å². The van der Waals surface area contributed by atoms with E-state index in [1.807, 2.05) is 38.2 Å². The maximum Gasteiger partial charge on any atom is 0.227 e. The van der Waals surface area contributed by atoms with Crippen LogP contribution in [0.25, 0.3) is 0 Å². The molecule has 1 saturated heterocycles. The Bertz CT molecular complexity index is 743. The van der Waals surface area contributed by atoms with Crippen LogP contribution in [0.3, 0.4) is 0 Å². The van der Waals surface area contributed by atoms with E-state index in [-0.39, 0.29) is 18.3 Å². The van der Waals surface area contributed by atoms with Crippen LogP contribution in [0.2, 0.25) is 0 Å². The Labute approximate surface area is 166 Å². The highest BCUT2D eigenvalue weighted by molar-refractivity contribution is 5.88. The molecule has 7 nitrogen and oxygen atoms in total. The third kappa shape index (κ3) is 5.94. The highest BCUT2D eigenvalue weighted by Crippen LogP contribution is 2.23. The Kier molecular flexibility index (Phi) is 8.06. The van der Waals surface area contributed by atoms with Crippen molar-refractivity contribution in [2.24, 2.45) is 7.05 Å². The Hall–Kier alpha value is -2.12. The molecule has 1 aliphatic heterocycles. The third-order valence-corrected chi connectivity index (χ3v) is 4.63. The molecule has 0 aliphatic carbocycles. The molecule has 1 aliphatic rings. The van der Waals surface area contributed by atoms with Crippen LogP contribution in [0, 0.1) is 6.92 Å². The molecule has 3 rings (SSSR count). The number of para-hydroxylation sites is 1. The van der Waals surface area contributed by atoms with E-state index in [2.05, 4.69) is 20.7 Å². The van der Waals surface area contributed by atoms with Gasteiger partial charge in [-0.1, -0.05) is 18.2 Å². The average Bonchev–Trinajstić information content (AvgIpc) is 3.01. The predicted octanol–water partition coefficient (Wildman–Crippen LogP) is 2.81. The molecule has 0 radical (unpaired) electrons. The fraction of sp³-hybridized carbons (Fsp3) is 0.526. The molecule has 8 heteroatoms. The summed E-state index contributed by atoms with van der Waals surface area (Å²) < 4.78 is 7.38. The molecular formula is C19H28ClN5O2. The molecule has 2 aromatic rings. The van der Waals surface area contributed by atoms with Gasteiger partial charge in [0.2, 0.25) is 11.9 Å². The number of benzene rings is 1. The monoisotopic (exact) mass is 393 g/mol. The molecule has 1 amide bonds. The van der Waals surface area contributed by atoms with Crippen LogP contribution in [-0.4, -0.2) is 40.4 Å². The van der Waals surface area contributed by atoms with Crippen molar-refractivity contribution >= 4 is 24.3 Å². The average molecular weight is 394 g/mol. The summed E-state index contributed by atoms with van der Waals surface area (Å²) in [5.41, 5.74) is 1.10. The van der Waals surface area contributed by atoms with E-state index in [0.717, 1.165) is 43.1 Å². The number of carbonyl (C=O) groups is 1. The number of hydrogen-bond acceptors (Lipinski definition) is 5. The number of nitrogens with one attached hydrogen (secondary N) is 2. The van der Waals surface area contributed by atoms with Crippen molar-refractivity contribution in [3.05, 3.63) is 35.7 Å². The molecule has 1 fully saturated rings. The summed E-state index contributed by atoms with van der Waals surface area (Å²) in [5.74, 6) is 2.52. The minimum atomic E-state index is -0.0641. The van der Waals surface area contributed by atoms with E-state index in [1.54, 1.807) is 4.68 Å². The molecule has 0 bridgehead atoms. The second-order valence-corrected chi connectivity index (χ2v) is 6.71. The fourth-order valence-electron chi connectivity index (χ4n) is 3.09. The number of piperidine rings is 1. The van der Waals surface area contributed by atoms with E-state index in [9.17, 15) is 4.79 Å². The molecular weight excluding hydrogens is 366 g/mol. The smallest absolute Gasteiger partial charge is 0.227 e. The maximum atomic E-state index is 12.2. The van der Waals surface area contributed by atoms with Gasteiger partial charge in [-0.15, -0.1) is 12.4 Å². The van der Waals surface area contributed by atoms with Gasteiger partial charge in [-0.3, -0.25) is 10.1 Å². The summed E-state index contributed by atoms with van der Waals surface area (Å²) in [6.45, 7) is 4.50. The number of hydrogen-bond donors (Lipinski definition) is 2. The minimum absolute atomic E-state index is 0. The summed E-state index contributed by atoms with van der Waals surface area (Å²) in [6.07, 6.45) is 3.11. The van der Waals surface area contributed by atoms with E-state index in [4.69, 9.17) is 4.74 Å². The lowest BCUT2D eigenvalue weighted by Crippen LogP contribution is -2.27. The lowest BCUT2D eigenvalue weighted by atomic mass is 9.98. The summed E-state index contributed by atoms with van der Waals surface area (Å²) in [7, 11) is 1.81. The second kappa shape index (κ2) is 10.3. The number of anilines is 1. The number of halogens is 1. The first-order chi connectivity index (χ1) is 12.6. The molecule has 0 atom stereocenters. The highest BCUT2D eigenvalue weighted by atomic mass is 35.5. The molecule has 0 spiro atoms. The molecule has 1 aromatic carbocycles. The van der Waals surface area contributed by atoms with Gasteiger partial charge in [0.05, 0.1) is 6.61 Å². The number of nitrogens with zero attached hydrogens (tertiary/aromatic N) is 3. The van der Waals surface area contributed by atoms with Crippen LogP contribution in [0.5, 0.6) is 5.75 Å². The van der Waals surface area contributed by atoms with Crippen molar-refractivity contribution in [3.8, 4) is 5.75 Å². The molecule has 0 unspecified atom stereocenters. The highest BCUT2D eigenvalue weighted by Gasteiger charge is 2.21. The largest absolute Gasteiger partial charge is 0.493 e. The number of rotatable bonds is 7. The fourth-order valence-corrected chi connectivity index (χ4v) is 3.09. The van der Waals surface area contributed by atoms with Gasteiger partial charge in [-0.2, -0.15) is 10.1 Å². The Morgan fingerprint density at radius 2 is 2.07 bits per heavy atom. The maximum absolute atomic E-state index is 12.2. The molecule has 0 saturated carbocycles. The van der Waals surface area contributed by atoms with Crippen molar-refractivity contribution in [3.63, 3.8) is 0 Å². The van der Waals surface area contributed by atoms with E-state index in [1.165, 1.54) is 0 Å². The van der Waals surface area contributed by atoms with Crippen LogP contribution in [-0.2, 0) is 11.8 Å². The number of carbonyl (C=O) groups excluding carboxylic acids is 1. The summed E-state index contributed by atoms with van der Waals surface area (Å²) >= 11 is 0. The van der Waals surface area contributed by atoms with Crippen LogP contribution >= 0.6 is 12.4 Å². The quantitative estimate of drug-likeness (QED) is 0.707. The summed E-state index contributed by atoms with van der Waals surface area (Å²) in [5, 5.41) is 10.7. The zero-order valence-corrected chi connectivity index (χ0v) is 16.7. The first-order valence-electron chi connectivity index (χ1n) is 9.23. The summed E-state index contributed by atoms with van der Waals surface area (Å²) in [4.78, 5) is 16.7. The number of ether oxygens (including phenoxy) is 1. The Morgan fingerprint density at radius 1 is 1.33 bits per heavy atom. The predicted molar refractivity (Wildman–Crippen MR) is 108 cm³/mol. The number of aryl methyl sites for hydroxylation is 2. The number of amides is 1. The third-order valence-electron chi connectivity index (χ3n) is 4.63. The second-order valence-electron chi connectivity index (χ2n) is 6.71. The van der Waals surface area contributed by atoms with Crippen molar-refractivity contribution < 1.29 is 9.53 Å². The first kappa shape index (κ1) is 21.2. The summed E-state index contributed by atoms with van der Waals surface area (Å²) in [6, 6.07) is 7.88. The van der Waals surface area contributed by atoms with Gasteiger partial charge in [0.25, 0.3) is 0 Å². The van der Waals surface area contributed by atoms with E-state index >= 15 is 0 Å². The first-order valence-corrected chi connectivity index (χ1v) is 9.23. The minimum Gasteiger partial charge on any atom is -0.493 e. The standard InChI is InChI=1S/C19H27N5O2.ClH/c1-14-6-3-4-7-16(14)26-13-5-8-17(25)21-19-22-18(23-24(19)2)15-9-11-20-12-10-15;/h3-4,6-7,15,20H,5,8-13H2,1-2H3,(H,21,22,23,25);1H. The van der Waals surface area contributed by atoms with Crippen molar-refractivity contribution in [2.75, 3.05) is 25.0 Å². The van der Waals surface area contributed by atoms with Crippen LogP contribution in [0.1, 0.15) is 43.0 Å².